The standard InChI is InChI=1S/C10H16N2OS/c1-7-6-11-10(14-7)12-8-4-3-5-9(8)13-2/h6,8-9H,3-5H2,1-2H3,(H,11,12)/t8-,9-/m1/s1. The van der Waals surface area contributed by atoms with E-state index in [1.807, 2.05) is 6.20 Å². The molecule has 4 heteroatoms. The monoisotopic (exact) mass is 212 g/mol. The van der Waals surface area contributed by atoms with Crippen molar-refractivity contribution in [3.05, 3.63) is 11.1 Å². The van der Waals surface area contributed by atoms with Crippen molar-refractivity contribution >= 4 is 16.5 Å². The van der Waals surface area contributed by atoms with E-state index in [1.165, 1.54) is 24.1 Å². The minimum Gasteiger partial charge on any atom is -0.379 e. The summed E-state index contributed by atoms with van der Waals surface area (Å²) in [4.78, 5) is 5.55. The molecular weight excluding hydrogens is 196 g/mol. The average Bonchev–Trinajstić information content (AvgIpc) is 2.76. The summed E-state index contributed by atoms with van der Waals surface area (Å²) in [7, 11) is 1.79. The Morgan fingerprint density at radius 3 is 3.07 bits per heavy atom. The summed E-state index contributed by atoms with van der Waals surface area (Å²) in [5, 5.41) is 4.47. The lowest BCUT2D eigenvalue weighted by Gasteiger charge is -2.18. The molecule has 1 aromatic heterocycles. The molecule has 78 valence electrons. The Morgan fingerprint density at radius 1 is 1.57 bits per heavy atom. The first kappa shape index (κ1) is 9.93. The number of anilines is 1. The first-order valence-corrected chi connectivity index (χ1v) is 5.83. The third-order valence-electron chi connectivity index (χ3n) is 2.69. The van der Waals surface area contributed by atoms with Crippen LogP contribution in [0.1, 0.15) is 24.1 Å². The number of aryl methyl sites for hydroxylation is 1. The maximum atomic E-state index is 5.42. The van der Waals surface area contributed by atoms with Crippen LogP contribution in [-0.2, 0) is 4.74 Å². The molecule has 2 rings (SSSR count). The molecule has 0 radical (unpaired) electrons. The van der Waals surface area contributed by atoms with Gasteiger partial charge in [0, 0.05) is 18.2 Å². The molecule has 1 aliphatic carbocycles. The van der Waals surface area contributed by atoms with Crippen LogP contribution in [0.15, 0.2) is 6.20 Å². The molecule has 0 amide bonds. The van der Waals surface area contributed by atoms with Crippen LogP contribution in [0.3, 0.4) is 0 Å². The van der Waals surface area contributed by atoms with E-state index >= 15 is 0 Å². The quantitative estimate of drug-likeness (QED) is 0.835. The Kier molecular flexibility index (Phi) is 3.03. The van der Waals surface area contributed by atoms with Crippen molar-refractivity contribution in [1.82, 2.24) is 4.98 Å². The molecule has 1 saturated carbocycles. The molecule has 1 fully saturated rings. The number of rotatable bonds is 3. The van der Waals surface area contributed by atoms with Crippen molar-refractivity contribution in [2.45, 2.75) is 38.3 Å². The highest BCUT2D eigenvalue weighted by molar-refractivity contribution is 7.15. The molecule has 0 aliphatic heterocycles. The lowest BCUT2D eigenvalue weighted by molar-refractivity contribution is 0.101. The molecule has 0 aromatic carbocycles. The highest BCUT2D eigenvalue weighted by atomic mass is 32.1. The zero-order valence-electron chi connectivity index (χ0n) is 8.62. The summed E-state index contributed by atoms with van der Waals surface area (Å²) in [6.07, 6.45) is 5.87. The summed E-state index contributed by atoms with van der Waals surface area (Å²) < 4.78 is 5.42. The zero-order chi connectivity index (χ0) is 9.97. The largest absolute Gasteiger partial charge is 0.379 e. The molecule has 3 nitrogen and oxygen atoms in total. The van der Waals surface area contributed by atoms with Crippen LogP contribution < -0.4 is 5.32 Å². The summed E-state index contributed by atoms with van der Waals surface area (Å²) in [6.45, 7) is 2.07. The van der Waals surface area contributed by atoms with Gasteiger partial charge in [-0.15, -0.1) is 11.3 Å². The van der Waals surface area contributed by atoms with Crippen molar-refractivity contribution in [2.75, 3.05) is 12.4 Å². The van der Waals surface area contributed by atoms with E-state index < -0.39 is 0 Å². The molecule has 1 N–H and O–H groups in total. The highest BCUT2D eigenvalue weighted by Gasteiger charge is 2.27. The first-order chi connectivity index (χ1) is 6.79. The van der Waals surface area contributed by atoms with Gasteiger partial charge in [0.1, 0.15) is 0 Å². The fourth-order valence-corrected chi connectivity index (χ4v) is 2.68. The van der Waals surface area contributed by atoms with Gasteiger partial charge in [-0.3, -0.25) is 0 Å². The van der Waals surface area contributed by atoms with E-state index in [4.69, 9.17) is 4.74 Å². The van der Waals surface area contributed by atoms with Crippen molar-refractivity contribution in [3.8, 4) is 0 Å². The maximum Gasteiger partial charge on any atom is 0.183 e. The second-order valence-corrected chi connectivity index (χ2v) is 4.97. The smallest absolute Gasteiger partial charge is 0.183 e. The van der Waals surface area contributed by atoms with E-state index in [1.54, 1.807) is 18.4 Å². The second kappa shape index (κ2) is 4.28. The SMILES string of the molecule is CO[C@@H]1CCC[C@H]1Nc1ncc(C)s1. The Hall–Kier alpha value is -0.610. The van der Waals surface area contributed by atoms with Crippen LogP contribution in [0, 0.1) is 6.92 Å². The zero-order valence-corrected chi connectivity index (χ0v) is 9.43. The summed E-state index contributed by atoms with van der Waals surface area (Å²) in [5.74, 6) is 0. The fourth-order valence-electron chi connectivity index (χ4n) is 1.95. The van der Waals surface area contributed by atoms with Gasteiger partial charge in [-0.2, -0.15) is 0 Å². The minimum absolute atomic E-state index is 0.360. The lowest BCUT2D eigenvalue weighted by atomic mass is 10.2. The van der Waals surface area contributed by atoms with Crippen molar-refractivity contribution in [3.63, 3.8) is 0 Å². The van der Waals surface area contributed by atoms with Crippen LogP contribution in [0.25, 0.3) is 0 Å². The number of aromatic nitrogens is 1. The van der Waals surface area contributed by atoms with E-state index in [-0.39, 0.29) is 0 Å². The van der Waals surface area contributed by atoms with Crippen LogP contribution >= 0.6 is 11.3 Å². The van der Waals surface area contributed by atoms with Gasteiger partial charge in [0.05, 0.1) is 12.1 Å². The van der Waals surface area contributed by atoms with Crippen LogP contribution in [0.5, 0.6) is 0 Å². The Bertz CT molecular complexity index is 300. The van der Waals surface area contributed by atoms with Gasteiger partial charge in [0.2, 0.25) is 0 Å². The highest BCUT2D eigenvalue weighted by Crippen LogP contribution is 2.26. The maximum absolute atomic E-state index is 5.42. The average molecular weight is 212 g/mol. The normalized spacial score (nSPS) is 26.7. The van der Waals surface area contributed by atoms with E-state index in [2.05, 4.69) is 17.2 Å². The number of hydrogen-bond donors (Lipinski definition) is 1. The molecule has 0 spiro atoms. The van der Waals surface area contributed by atoms with Gasteiger partial charge < -0.3 is 10.1 Å². The number of ether oxygens (including phenoxy) is 1. The Balaban J connectivity index is 1.96. The predicted octanol–water partition coefficient (Wildman–Crippen LogP) is 2.43. The van der Waals surface area contributed by atoms with Gasteiger partial charge in [0.15, 0.2) is 5.13 Å². The summed E-state index contributed by atoms with van der Waals surface area (Å²) in [5.41, 5.74) is 0. The topological polar surface area (TPSA) is 34.1 Å². The molecule has 0 bridgehead atoms. The van der Waals surface area contributed by atoms with Crippen molar-refractivity contribution < 1.29 is 4.74 Å². The number of hydrogen-bond acceptors (Lipinski definition) is 4. The van der Waals surface area contributed by atoms with E-state index in [9.17, 15) is 0 Å². The molecule has 2 atom stereocenters. The molecule has 1 aliphatic rings. The molecule has 14 heavy (non-hydrogen) atoms. The van der Waals surface area contributed by atoms with Crippen molar-refractivity contribution in [1.29, 1.82) is 0 Å². The Morgan fingerprint density at radius 2 is 2.43 bits per heavy atom. The van der Waals surface area contributed by atoms with Gasteiger partial charge in [-0.05, 0) is 26.2 Å². The van der Waals surface area contributed by atoms with Gasteiger partial charge >= 0.3 is 0 Å². The molecule has 0 saturated heterocycles. The first-order valence-electron chi connectivity index (χ1n) is 5.01. The number of nitrogens with zero attached hydrogens (tertiary/aromatic N) is 1. The van der Waals surface area contributed by atoms with E-state index in [0.29, 0.717) is 12.1 Å². The van der Waals surface area contributed by atoms with Gasteiger partial charge in [-0.1, -0.05) is 0 Å². The third kappa shape index (κ3) is 2.07. The second-order valence-electron chi connectivity index (χ2n) is 3.73. The predicted molar refractivity (Wildman–Crippen MR) is 58.9 cm³/mol. The Labute approximate surface area is 88.5 Å². The molecule has 1 aromatic rings. The fraction of sp³-hybridized carbons (Fsp3) is 0.700. The lowest BCUT2D eigenvalue weighted by Crippen LogP contribution is -2.29. The van der Waals surface area contributed by atoms with Crippen LogP contribution in [0.2, 0.25) is 0 Å². The third-order valence-corrected chi connectivity index (χ3v) is 3.53. The van der Waals surface area contributed by atoms with Crippen LogP contribution in [-0.4, -0.2) is 24.2 Å². The van der Waals surface area contributed by atoms with Gasteiger partial charge in [0.25, 0.3) is 0 Å². The number of methoxy groups -OCH3 is 1. The molecule has 1 heterocycles. The summed E-state index contributed by atoms with van der Waals surface area (Å²) >= 11 is 1.71. The van der Waals surface area contributed by atoms with Gasteiger partial charge in [-0.25, -0.2) is 4.98 Å². The van der Waals surface area contributed by atoms with Crippen LogP contribution in [0.4, 0.5) is 5.13 Å². The minimum atomic E-state index is 0.360. The van der Waals surface area contributed by atoms with Crippen molar-refractivity contribution in [2.24, 2.45) is 0 Å². The van der Waals surface area contributed by atoms with E-state index in [0.717, 1.165) is 5.13 Å². The number of nitrogens with one attached hydrogen (secondary N) is 1. The summed E-state index contributed by atoms with van der Waals surface area (Å²) in [6, 6.07) is 0.450. The number of thiazole rings is 1. The molecule has 0 unspecified atom stereocenters. The molecular formula is C10H16N2OS.